The first-order valence-corrected chi connectivity index (χ1v) is 5.21. The first kappa shape index (κ1) is 15.0. The van der Waals surface area contributed by atoms with Crippen LogP contribution in [-0.4, -0.2) is 75.8 Å². The van der Waals surface area contributed by atoms with Gasteiger partial charge in [0.2, 0.25) is 0 Å². The zero-order chi connectivity index (χ0) is 13.9. The van der Waals surface area contributed by atoms with Crippen LogP contribution >= 0.6 is 0 Å². The second-order valence-corrected chi connectivity index (χ2v) is 3.92. The van der Waals surface area contributed by atoms with Gasteiger partial charge in [-0.2, -0.15) is 5.01 Å². The van der Waals surface area contributed by atoms with Crippen molar-refractivity contribution >= 4 is 6.03 Å². The molecule has 0 aromatic rings. The van der Waals surface area contributed by atoms with E-state index in [9.17, 15) is 25.3 Å². The highest BCUT2D eigenvalue weighted by Crippen LogP contribution is 2.19. The Morgan fingerprint density at radius 2 is 2.06 bits per heavy atom. The number of nitrogens with two attached hydrogens (primary N) is 1. The van der Waals surface area contributed by atoms with Gasteiger partial charge in [-0.15, -0.1) is 0 Å². The highest BCUT2D eigenvalue weighted by molar-refractivity contribution is 5.72. The molecular weight excluding hydrogens is 250 g/mol. The number of urea groups is 1. The summed E-state index contributed by atoms with van der Waals surface area (Å²) in [6.45, 7) is -0.593. The van der Waals surface area contributed by atoms with Crippen LogP contribution in [0.4, 0.5) is 4.79 Å². The van der Waals surface area contributed by atoms with E-state index in [0.29, 0.717) is 5.01 Å². The van der Waals surface area contributed by atoms with Crippen LogP contribution in [0, 0.1) is 5.21 Å². The van der Waals surface area contributed by atoms with Gasteiger partial charge >= 0.3 is 6.03 Å². The van der Waals surface area contributed by atoms with Crippen LogP contribution < -0.4 is 10.9 Å². The second-order valence-electron chi connectivity index (χ2n) is 3.92. The molecule has 0 aromatic heterocycles. The molecule has 1 heterocycles. The Morgan fingerprint density at radius 3 is 2.56 bits per heavy atom. The van der Waals surface area contributed by atoms with Gasteiger partial charge in [0.05, 0.1) is 13.7 Å². The third kappa shape index (κ3) is 3.05. The standard InChI is InChI=1S/C8H17N3O7/c1-11(10-17)8(16)9-4-6(14)5(13)3(2-12)18-7(4)15/h3-7,12-15H,2,10H2,1H3,(H,9,16)/t3-,4-,5-,6-,7+/m1/s1. The summed E-state index contributed by atoms with van der Waals surface area (Å²) in [5.74, 6) is 0. The Balaban J connectivity index is 2.68. The largest absolute Gasteiger partial charge is 0.609 e. The van der Waals surface area contributed by atoms with Crippen molar-refractivity contribution in [3.63, 3.8) is 0 Å². The number of carbonyl (C=O) groups is 1. The van der Waals surface area contributed by atoms with Crippen LogP contribution in [0.2, 0.25) is 0 Å². The van der Waals surface area contributed by atoms with E-state index in [4.69, 9.17) is 9.84 Å². The molecule has 0 aliphatic carbocycles. The first-order chi connectivity index (χ1) is 8.42. The van der Waals surface area contributed by atoms with Crippen molar-refractivity contribution in [2.24, 2.45) is 0 Å². The highest BCUT2D eigenvalue weighted by atomic mass is 16.6. The maximum atomic E-state index is 11.4. The van der Waals surface area contributed by atoms with Crippen LogP contribution in [0.25, 0.3) is 0 Å². The zero-order valence-electron chi connectivity index (χ0n) is 9.63. The summed E-state index contributed by atoms with van der Waals surface area (Å²) in [7, 11) is 1.18. The topological polar surface area (TPSA) is 162 Å². The fourth-order valence-corrected chi connectivity index (χ4v) is 1.55. The summed E-state index contributed by atoms with van der Waals surface area (Å²) in [6.07, 6.45) is -5.75. The molecule has 0 aromatic carbocycles. The van der Waals surface area contributed by atoms with E-state index in [1.807, 2.05) is 0 Å². The maximum absolute atomic E-state index is 11.4. The second kappa shape index (κ2) is 6.24. The van der Waals surface area contributed by atoms with Gasteiger partial charge in [-0.05, 0) is 0 Å². The lowest BCUT2D eigenvalue weighted by atomic mass is 9.97. The molecule has 10 heteroatoms. The van der Waals surface area contributed by atoms with Gasteiger partial charge in [0.1, 0.15) is 24.4 Å². The SMILES string of the molecule is CN([NH2+][O-])C(=O)N[C@@H]1[C@@H](O)[C@H](O)[C@@H](CO)O[C@@H]1O. The summed E-state index contributed by atoms with van der Waals surface area (Å²) in [6, 6.07) is -2.18. The van der Waals surface area contributed by atoms with Crippen molar-refractivity contribution in [1.82, 2.24) is 10.3 Å². The quantitative estimate of drug-likeness (QED) is 0.170. The Labute approximate surface area is 102 Å². The molecule has 106 valence electrons. The zero-order valence-corrected chi connectivity index (χ0v) is 9.63. The summed E-state index contributed by atoms with van der Waals surface area (Å²) in [5, 5.41) is 50.8. The molecule has 0 spiro atoms. The van der Waals surface area contributed by atoms with Crippen LogP contribution in [0.3, 0.4) is 0 Å². The Hall–Kier alpha value is -1.01. The summed E-state index contributed by atoms with van der Waals surface area (Å²) >= 11 is 0. The van der Waals surface area contributed by atoms with Crippen molar-refractivity contribution in [3.05, 3.63) is 5.21 Å². The number of aliphatic hydroxyl groups excluding tert-OH is 4. The van der Waals surface area contributed by atoms with Gasteiger partial charge in [-0.25, -0.2) is 4.79 Å². The minimum absolute atomic E-state index is 0.241. The Kier molecular flexibility index (Phi) is 5.22. The Morgan fingerprint density at radius 1 is 1.44 bits per heavy atom. The van der Waals surface area contributed by atoms with Crippen molar-refractivity contribution in [2.75, 3.05) is 13.7 Å². The number of quaternary nitrogens is 1. The lowest BCUT2D eigenvalue weighted by molar-refractivity contribution is -0.726. The molecule has 2 amide bonds. The number of ether oxygens (including phenoxy) is 1. The number of nitrogens with zero attached hydrogens (tertiary/aromatic N) is 1. The number of hydrogen-bond donors (Lipinski definition) is 6. The summed E-state index contributed by atoms with van der Waals surface area (Å²) in [4.78, 5) is 11.4. The number of amides is 2. The molecule has 1 aliphatic heterocycles. The average Bonchev–Trinajstić information content (AvgIpc) is 2.37. The summed E-state index contributed by atoms with van der Waals surface area (Å²) in [5.41, 5.74) is 0.241. The lowest BCUT2D eigenvalue weighted by Gasteiger charge is -2.40. The van der Waals surface area contributed by atoms with Gasteiger partial charge < -0.3 is 35.7 Å². The molecule has 7 N–H and O–H groups in total. The predicted octanol–water partition coefficient (Wildman–Crippen LogP) is -4.60. The highest BCUT2D eigenvalue weighted by Gasteiger charge is 2.44. The molecule has 1 aliphatic rings. The minimum Gasteiger partial charge on any atom is -0.609 e. The monoisotopic (exact) mass is 267 g/mol. The number of hydrogen-bond acceptors (Lipinski definition) is 7. The number of nitrogens with one attached hydrogen (secondary N) is 1. The fourth-order valence-electron chi connectivity index (χ4n) is 1.55. The molecule has 5 atom stereocenters. The van der Waals surface area contributed by atoms with E-state index in [0.717, 1.165) is 0 Å². The van der Waals surface area contributed by atoms with Crippen molar-refractivity contribution in [2.45, 2.75) is 30.6 Å². The third-order valence-electron chi connectivity index (χ3n) is 2.67. The van der Waals surface area contributed by atoms with Crippen LogP contribution in [-0.2, 0) is 4.74 Å². The van der Waals surface area contributed by atoms with Gasteiger partial charge in [-0.1, -0.05) is 0 Å². The van der Waals surface area contributed by atoms with Gasteiger partial charge in [0, 0.05) is 0 Å². The average molecular weight is 267 g/mol. The molecule has 0 unspecified atom stereocenters. The molecule has 10 nitrogen and oxygen atoms in total. The molecule has 1 fully saturated rings. The summed E-state index contributed by atoms with van der Waals surface area (Å²) < 4.78 is 4.82. The fraction of sp³-hybridized carbons (Fsp3) is 0.875. The van der Waals surface area contributed by atoms with E-state index in [1.165, 1.54) is 7.05 Å². The Bertz CT molecular complexity index is 292. The number of carbonyl (C=O) groups excluding carboxylic acids is 1. The van der Waals surface area contributed by atoms with Crippen LogP contribution in [0.15, 0.2) is 0 Å². The van der Waals surface area contributed by atoms with Gasteiger partial charge in [0.15, 0.2) is 6.29 Å². The van der Waals surface area contributed by atoms with E-state index in [1.54, 1.807) is 0 Å². The molecule has 0 radical (unpaired) electrons. The predicted molar refractivity (Wildman–Crippen MR) is 55.4 cm³/mol. The van der Waals surface area contributed by atoms with Crippen LogP contribution in [0.1, 0.15) is 0 Å². The van der Waals surface area contributed by atoms with Crippen molar-refractivity contribution < 1.29 is 35.5 Å². The molecule has 0 saturated carbocycles. The normalized spacial score (nSPS) is 36.2. The van der Waals surface area contributed by atoms with Crippen molar-refractivity contribution in [3.8, 4) is 0 Å². The lowest BCUT2D eigenvalue weighted by Crippen LogP contribution is -2.90. The minimum atomic E-state index is -1.61. The van der Waals surface area contributed by atoms with E-state index in [2.05, 4.69) is 5.32 Å². The van der Waals surface area contributed by atoms with Gasteiger partial charge in [0.25, 0.3) is 0 Å². The number of aliphatic hydroxyl groups is 4. The first-order valence-electron chi connectivity index (χ1n) is 5.21. The van der Waals surface area contributed by atoms with Crippen LogP contribution in [0.5, 0.6) is 0 Å². The molecule has 18 heavy (non-hydrogen) atoms. The number of rotatable bonds is 3. The molecular formula is C8H17N3O7. The molecule has 1 saturated heterocycles. The smallest absolute Gasteiger partial charge is 0.361 e. The molecule has 0 bridgehead atoms. The van der Waals surface area contributed by atoms with E-state index >= 15 is 0 Å². The molecule has 1 rings (SSSR count). The van der Waals surface area contributed by atoms with Crippen molar-refractivity contribution in [1.29, 1.82) is 0 Å². The van der Waals surface area contributed by atoms with E-state index < -0.39 is 43.3 Å². The van der Waals surface area contributed by atoms with E-state index in [-0.39, 0.29) is 5.59 Å². The third-order valence-corrected chi connectivity index (χ3v) is 2.67. The van der Waals surface area contributed by atoms with Gasteiger partial charge in [-0.3, -0.25) is 5.59 Å². The maximum Gasteiger partial charge on any atom is 0.361 e.